The minimum atomic E-state index is -0.119. The number of hydrogen-bond acceptors (Lipinski definition) is 4. The normalized spacial score (nSPS) is 14.5. The van der Waals surface area contributed by atoms with Gasteiger partial charge in [0.2, 0.25) is 5.91 Å². The number of nitrogens with one attached hydrogen (secondary N) is 1. The molecule has 5 nitrogen and oxygen atoms in total. The van der Waals surface area contributed by atoms with Crippen LogP contribution in [0.4, 0.5) is 0 Å². The number of nitrogens with zero attached hydrogens (tertiary/aromatic N) is 1. The molecule has 0 bridgehead atoms. The predicted molar refractivity (Wildman–Crippen MR) is 113 cm³/mol. The molecule has 0 radical (unpaired) electrons. The molecule has 6 heteroatoms. The number of carbonyl (C=O) groups excluding carboxylic acids is 2. The second-order valence-electron chi connectivity index (χ2n) is 6.83. The van der Waals surface area contributed by atoms with Gasteiger partial charge in [0.25, 0.3) is 5.91 Å². The van der Waals surface area contributed by atoms with Crippen LogP contribution in [-0.4, -0.2) is 47.9 Å². The van der Waals surface area contributed by atoms with Crippen LogP contribution < -0.4 is 10.1 Å². The number of likely N-dealkylation sites (tertiary alicyclic amines) is 1. The number of rotatable bonds is 7. The molecule has 2 aromatic carbocycles. The molecule has 2 amide bonds. The van der Waals surface area contributed by atoms with Crippen molar-refractivity contribution in [2.24, 2.45) is 0 Å². The van der Waals surface area contributed by atoms with Crippen molar-refractivity contribution in [1.82, 2.24) is 10.2 Å². The monoisotopic (exact) mass is 398 g/mol. The van der Waals surface area contributed by atoms with Crippen molar-refractivity contribution in [2.45, 2.75) is 25.5 Å². The van der Waals surface area contributed by atoms with Gasteiger partial charge in [-0.05, 0) is 30.0 Å². The standard InChI is InChI=1S/C22H26N2O3S/c1-28-16-21(25)24-12-10-19(11-13-24)27-20-9-5-8-18(14-20)22(26)23-15-17-6-3-2-4-7-17/h2-9,14,19H,10-13,15-16H2,1H3,(H,23,26). The summed E-state index contributed by atoms with van der Waals surface area (Å²) >= 11 is 1.55. The molecule has 0 aromatic heterocycles. The third-order valence-corrected chi connectivity index (χ3v) is 5.29. The molecule has 0 spiro atoms. The Bertz CT molecular complexity index is 789. The molecular weight excluding hydrogens is 372 g/mol. The second kappa shape index (κ2) is 10.2. The first-order chi connectivity index (χ1) is 13.7. The van der Waals surface area contributed by atoms with Crippen LogP contribution in [0.5, 0.6) is 5.75 Å². The van der Waals surface area contributed by atoms with E-state index < -0.39 is 0 Å². The Kier molecular flexibility index (Phi) is 7.37. The van der Waals surface area contributed by atoms with E-state index in [0.717, 1.165) is 31.5 Å². The molecule has 148 valence electrons. The SMILES string of the molecule is CSCC(=O)N1CCC(Oc2cccc(C(=O)NCc3ccccc3)c2)CC1. The summed E-state index contributed by atoms with van der Waals surface area (Å²) in [6.07, 6.45) is 3.63. The molecule has 1 aliphatic rings. The van der Waals surface area contributed by atoms with E-state index >= 15 is 0 Å². The van der Waals surface area contributed by atoms with E-state index in [0.29, 0.717) is 23.6 Å². The Morgan fingerprint density at radius 3 is 2.57 bits per heavy atom. The van der Waals surface area contributed by atoms with Crippen LogP contribution >= 0.6 is 11.8 Å². The lowest BCUT2D eigenvalue weighted by Crippen LogP contribution is -2.42. The Balaban J connectivity index is 1.51. The fourth-order valence-corrected chi connectivity index (χ4v) is 3.65. The highest BCUT2D eigenvalue weighted by atomic mass is 32.2. The topological polar surface area (TPSA) is 58.6 Å². The lowest BCUT2D eigenvalue weighted by atomic mass is 10.1. The Morgan fingerprint density at radius 2 is 1.86 bits per heavy atom. The molecule has 3 rings (SSSR count). The summed E-state index contributed by atoms with van der Waals surface area (Å²) in [6.45, 7) is 1.94. The quantitative estimate of drug-likeness (QED) is 0.777. The summed E-state index contributed by atoms with van der Waals surface area (Å²) in [6, 6.07) is 17.1. The highest BCUT2D eigenvalue weighted by molar-refractivity contribution is 7.99. The van der Waals surface area contributed by atoms with E-state index in [9.17, 15) is 9.59 Å². The number of ether oxygens (including phenoxy) is 1. The van der Waals surface area contributed by atoms with Gasteiger partial charge in [-0.2, -0.15) is 11.8 Å². The molecule has 0 aliphatic carbocycles. The van der Waals surface area contributed by atoms with Crippen molar-refractivity contribution in [3.63, 3.8) is 0 Å². The van der Waals surface area contributed by atoms with Crippen molar-refractivity contribution in [2.75, 3.05) is 25.1 Å². The molecule has 28 heavy (non-hydrogen) atoms. The molecular formula is C22H26N2O3S. The molecule has 1 N–H and O–H groups in total. The zero-order valence-electron chi connectivity index (χ0n) is 16.1. The van der Waals surface area contributed by atoms with Crippen molar-refractivity contribution in [3.8, 4) is 5.75 Å². The van der Waals surface area contributed by atoms with Gasteiger partial charge in [0.05, 0.1) is 5.75 Å². The fraction of sp³-hybridized carbons (Fsp3) is 0.364. The first-order valence-corrected chi connectivity index (χ1v) is 10.9. The first kappa shape index (κ1) is 20.3. The summed E-state index contributed by atoms with van der Waals surface area (Å²) in [7, 11) is 0. The molecule has 0 unspecified atom stereocenters. The number of hydrogen-bond donors (Lipinski definition) is 1. The lowest BCUT2D eigenvalue weighted by Gasteiger charge is -2.32. The van der Waals surface area contributed by atoms with Crippen LogP contribution in [0.3, 0.4) is 0 Å². The molecule has 1 heterocycles. The fourth-order valence-electron chi connectivity index (χ4n) is 3.22. The van der Waals surface area contributed by atoms with Crippen LogP contribution in [-0.2, 0) is 11.3 Å². The maximum atomic E-state index is 12.4. The van der Waals surface area contributed by atoms with Gasteiger partial charge in [0.1, 0.15) is 11.9 Å². The second-order valence-corrected chi connectivity index (χ2v) is 7.69. The van der Waals surface area contributed by atoms with Crippen LogP contribution in [0, 0.1) is 0 Å². The Morgan fingerprint density at radius 1 is 1.11 bits per heavy atom. The van der Waals surface area contributed by atoms with Gasteiger partial charge in [0.15, 0.2) is 0 Å². The lowest BCUT2D eigenvalue weighted by molar-refractivity contribution is -0.130. The minimum absolute atomic E-state index is 0.0703. The molecule has 0 atom stereocenters. The number of benzene rings is 2. The highest BCUT2D eigenvalue weighted by Gasteiger charge is 2.23. The average molecular weight is 399 g/mol. The van der Waals surface area contributed by atoms with Crippen molar-refractivity contribution in [3.05, 3.63) is 65.7 Å². The number of thioether (sulfide) groups is 1. The smallest absolute Gasteiger partial charge is 0.251 e. The highest BCUT2D eigenvalue weighted by Crippen LogP contribution is 2.21. The van der Waals surface area contributed by atoms with Gasteiger partial charge in [-0.3, -0.25) is 9.59 Å². The molecule has 0 saturated carbocycles. The van der Waals surface area contributed by atoms with Crippen LogP contribution in [0.1, 0.15) is 28.8 Å². The summed E-state index contributed by atoms with van der Waals surface area (Å²) < 4.78 is 6.07. The molecule has 1 fully saturated rings. The summed E-state index contributed by atoms with van der Waals surface area (Å²) in [5.41, 5.74) is 1.65. The summed E-state index contributed by atoms with van der Waals surface area (Å²) in [4.78, 5) is 26.3. The van der Waals surface area contributed by atoms with Gasteiger partial charge < -0.3 is 15.0 Å². The van der Waals surface area contributed by atoms with E-state index in [1.807, 2.05) is 53.6 Å². The van der Waals surface area contributed by atoms with Gasteiger partial charge in [-0.15, -0.1) is 0 Å². The van der Waals surface area contributed by atoms with Gasteiger partial charge >= 0.3 is 0 Å². The first-order valence-electron chi connectivity index (χ1n) is 9.51. The Labute approximate surface area is 170 Å². The average Bonchev–Trinajstić information content (AvgIpc) is 2.73. The summed E-state index contributed by atoms with van der Waals surface area (Å²) in [5, 5.41) is 2.94. The Hall–Kier alpha value is -2.47. The van der Waals surface area contributed by atoms with Gasteiger partial charge in [-0.1, -0.05) is 36.4 Å². The maximum Gasteiger partial charge on any atom is 0.251 e. The number of carbonyl (C=O) groups is 2. The molecule has 1 saturated heterocycles. The third-order valence-electron chi connectivity index (χ3n) is 4.76. The zero-order valence-corrected chi connectivity index (χ0v) is 16.9. The van der Waals surface area contributed by atoms with Crippen LogP contribution in [0.25, 0.3) is 0 Å². The number of amides is 2. The van der Waals surface area contributed by atoms with E-state index in [1.54, 1.807) is 23.9 Å². The van der Waals surface area contributed by atoms with Crippen molar-refractivity contribution >= 4 is 23.6 Å². The van der Waals surface area contributed by atoms with Gasteiger partial charge in [0, 0.05) is 38.0 Å². The van der Waals surface area contributed by atoms with Crippen LogP contribution in [0.2, 0.25) is 0 Å². The predicted octanol–water partition coefficient (Wildman–Crippen LogP) is 3.35. The maximum absolute atomic E-state index is 12.4. The van der Waals surface area contributed by atoms with Crippen LogP contribution in [0.15, 0.2) is 54.6 Å². The minimum Gasteiger partial charge on any atom is -0.490 e. The van der Waals surface area contributed by atoms with Crippen molar-refractivity contribution < 1.29 is 14.3 Å². The molecule has 2 aromatic rings. The van der Waals surface area contributed by atoms with E-state index in [1.165, 1.54) is 0 Å². The van der Waals surface area contributed by atoms with Crippen molar-refractivity contribution in [1.29, 1.82) is 0 Å². The van der Waals surface area contributed by atoms with E-state index in [4.69, 9.17) is 4.74 Å². The number of piperidine rings is 1. The van der Waals surface area contributed by atoms with Gasteiger partial charge in [-0.25, -0.2) is 0 Å². The largest absolute Gasteiger partial charge is 0.490 e. The molecule has 1 aliphatic heterocycles. The third kappa shape index (κ3) is 5.76. The zero-order chi connectivity index (χ0) is 19.8. The van der Waals surface area contributed by atoms with E-state index in [2.05, 4.69) is 5.32 Å². The van der Waals surface area contributed by atoms with E-state index in [-0.39, 0.29) is 17.9 Å². The summed E-state index contributed by atoms with van der Waals surface area (Å²) in [5.74, 6) is 1.31.